The lowest BCUT2D eigenvalue weighted by molar-refractivity contribution is 0.188. The minimum absolute atomic E-state index is 0.427. The fraction of sp³-hybridized carbons (Fsp3) is 0.467. The van der Waals surface area contributed by atoms with Gasteiger partial charge in [0.05, 0.1) is 5.70 Å². The van der Waals surface area contributed by atoms with Crippen LogP contribution in [0.1, 0.15) is 38.2 Å². The number of benzene rings is 1. The molecule has 18 heavy (non-hydrogen) atoms. The Labute approximate surface area is 109 Å². The fourth-order valence-electron chi connectivity index (χ4n) is 2.64. The lowest BCUT2D eigenvalue weighted by Gasteiger charge is -2.33. The molecule has 3 heteroatoms. The van der Waals surface area contributed by atoms with Gasteiger partial charge in [0.15, 0.2) is 0 Å². The van der Waals surface area contributed by atoms with Gasteiger partial charge in [-0.3, -0.25) is 0 Å². The van der Waals surface area contributed by atoms with Crippen LogP contribution < -0.4 is 11.6 Å². The molecule has 2 unspecified atom stereocenters. The molecule has 4 N–H and O–H groups in total. The number of nitrogens with zero attached hydrogens (tertiary/aromatic N) is 1. The van der Waals surface area contributed by atoms with Crippen molar-refractivity contribution in [1.29, 1.82) is 0 Å². The summed E-state index contributed by atoms with van der Waals surface area (Å²) in [5.41, 5.74) is 7.83. The molecule has 1 fully saturated rings. The third-order valence-corrected chi connectivity index (χ3v) is 3.73. The first-order valence-electron chi connectivity index (χ1n) is 6.72. The zero-order valence-corrected chi connectivity index (χ0v) is 11.0. The molecule has 0 amide bonds. The van der Waals surface area contributed by atoms with Crippen LogP contribution in [0.5, 0.6) is 0 Å². The fourth-order valence-corrected chi connectivity index (χ4v) is 2.64. The lowest BCUT2D eigenvalue weighted by Crippen LogP contribution is -2.40. The van der Waals surface area contributed by atoms with E-state index in [2.05, 4.69) is 6.92 Å². The van der Waals surface area contributed by atoms with Crippen LogP contribution in [-0.4, -0.2) is 11.1 Å². The highest BCUT2D eigenvalue weighted by Crippen LogP contribution is 2.26. The van der Waals surface area contributed by atoms with Crippen LogP contribution in [0.25, 0.3) is 5.70 Å². The Kier molecular flexibility index (Phi) is 4.26. The quantitative estimate of drug-likeness (QED) is 0.636. The third-order valence-electron chi connectivity index (χ3n) is 3.73. The van der Waals surface area contributed by atoms with E-state index in [4.69, 9.17) is 11.6 Å². The van der Waals surface area contributed by atoms with Crippen LogP contribution >= 0.6 is 0 Å². The highest BCUT2D eigenvalue weighted by Gasteiger charge is 2.21. The van der Waals surface area contributed by atoms with E-state index in [-0.39, 0.29) is 0 Å². The van der Waals surface area contributed by atoms with E-state index in [1.165, 1.54) is 19.3 Å². The maximum Gasteiger partial charge on any atom is 0.0564 e. The highest BCUT2D eigenvalue weighted by atomic mass is 15.4. The summed E-state index contributed by atoms with van der Waals surface area (Å²) in [6.45, 7) is 2.30. The Bertz CT molecular complexity index is 399. The van der Waals surface area contributed by atoms with E-state index in [0.29, 0.717) is 6.04 Å². The van der Waals surface area contributed by atoms with E-state index in [1.807, 2.05) is 36.5 Å². The van der Waals surface area contributed by atoms with Crippen LogP contribution in [0.2, 0.25) is 0 Å². The standard InChI is InChI=1S/C15H23N3/c1-12-6-5-9-14(10-12)18(17)11-15(16)13-7-3-2-4-8-13/h2-4,7-8,11-12,14H,5-6,9-10,16-17H2,1H3/b15-11-. The van der Waals surface area contributed by atoms with Crippen molar-refractivity contribution in [2.24, 2.45) is 17.5 Å². The molecular formula is C15H23N3. The summed E-state index contributed by atoms with van der Waals surface area (Å²) >= 11 is 0. The molecule has 1 aromatic carbocycles. The third kappa shape index (κ3) is 3.26. The van der Waals surface area contributed by atoms with Gasteiger partial charge in [0.25, 0.3) is 0 Å². The summed E-state index contributed by atoms with van der Waals surface area (Å²) in [5, 5.41) is 1.80. The van der Waals surface area contributed by atoms with Crippen molar-refractivity contribution >= 4 is 5.70 Å². The Balaban J connectivity index is 2.03. The van der Waals surface area contributed by atoms with Crippen molar-refractivity contribution in [2.45, 2.75) is 38.6 Å². The molecule has 0 saturated heterocycles. The average molecular weight is 245 g/mol. The summed E-state index contributed by atoms with van der Waals surface area (Å²) in [4.78, 5) is 0. The van der Waals surface area contributed by atoms with Crippen molar-refractivity contribution < 1.29 is 0 Å². The van der Waals surface area contributed by atoms with Crippen LogP contribution in [0.3, 0.4) is 0 Å². The molecule has 0 radical (unpaired) electrons. The molecule has 0 aromatic heterocycles. The Morgan fingerprint density at radius 2 is 2.00 bits per heavy atom. The minimum atomic E-state index is 0.427. The van der Waals surface area contributed by atoms with Crippen molar-refractivity contribution in [1.82, 2.24) is 5.01 Å². The van der Waals surface area contributed by atoms with Gasteiger partial charge in [0, 0.05) is 12.2 Å². The van der Waals surface area contributed by atoms with Gasteiger partial charge < -0.3 is 10.7 Å². The van der Waals surface area contributed by atoms with Crippen LogP contribution in [0.4, 0.5) is 0 Å². The van der Waals surface area contributed by atoms with Crippen LogP contribution in [-0.2, 0) is 0 Å². The van der Waals surface area contributed by atoms with Gasteiger partial charge in [-0.1, -0.05) is 50.1 Å². The summed E-state index contributed by atoms with van der Waals surface area (Å²) in [6.07, 6.45) is 6.79. The van der Waals surface area contributed by atoms with Gasteiger partial charge in [-0.15, -0.1) is 0 Å². The Morgan fingerprint density at radius 3 is 2.67 bits per heavy atom. The highest BCUT2D eigenvalue weighted by molar-refractivity contribution is 5.61. The van der Waals surface area contributed by atoms with Crippen LogP contribution in [0, 0.1) is 5.92 Å². The monoisotopic (exact) mass is 245 g/mol. The van der Waals surface area contributed by atoms with Gasteiger partial charge in [0.1, 0.15) is 0 Å². The van der Waals surface area contributed by atoms with E-state index >= 15 is 0 Å². The average Bonchev–Trinajstić information content (AvgIpc) is 2.39. The molecule has 1 aliphatic carbocycles. The maximum atomic E-state index is 6.13. The molecule has 2 atom stereocenters. The molecule has 0 aliphatic heterocycles. The molecule has 2 rings (SSSR count). The first kappa shape index (κ1) is 13.0. The molecule has 1 aromatic rings. The molecule has 98 valence electrons. The predicted molar refractivity (Wildman–Crippen MR) is 76.1 cm³/mol. The molecule has 0 bridgehead atoms. The summed E-state index contributed by atoms with van der Waals surface area (Å²) in [5.74, 6) is 6.89. The van der Waals surface area contributed by atoms with Gasteiger partial charge in [0.2, 0.25) is 0 Å². The number of hydrazine groups is 1. The van der Waals surface area contributed by atoms with Gasteiger partial charge in [-0.05, 0) is 24.3 Å². The number of hydrogen-bond acceptors (Lipinski definition) is 3. The summed E-state index contributed by atoms with van der Waals surface area (Å²) < 4.78 is 0. The van der Waals surface area contributed by atoms with Crippen LogP contribution in [0.15, 0.2) is 36.5 Å². The lowest BCUT2D eigenvalue weighted by atomic mass is 9.87. The SMILES string of the molecule is CC1CCCC(N(N)/C=C(\N)c2ccccc2)C1. The van der Waals surface area contributed by atoms with Crippen molar-refractivity contribution in [3.8, 4) is 0 Å². The second-order valence-corrected chi connectivity index (χ2v) is 5.32. The van der Waals surface area contributed by atoms with E-state index in [1.54, 1.807) is 5.01 Å². The van der Waals surface area contributed by atoms with Crippen molar-refractivity contribution in [3.63, 3.8) is 0 Å². The predicted octanol–water partition coefficient (Wildman–Crippen LogP) is 2.70. The maximum absolute atomic E-state index is 6.13. The second kappa shape index (κ2) is 5.91. The molecular weight excluding hydrogens is 222 g/mol. The topological polar surface area (TPSA) is 55.3 Å². The minimum Gasteiger partial charge on any atom is -0.397 e. The van der Waals surface area contributed by atoms with Gasteiger partial charge in [-0.2, -0.15) is 0 Å². The zero-order valence-electron chi connectivity index (χ0n) is 11.0. The smallest absolute Gasteiger partial charge is 0.0564 e. The normalized spacial score (nSPS) is 24.9. The van der Waals surface area contributed by atoms with E-state index < -0.39 is 0 Å². The first-order chi connectivity index (χ1) is 8.66. The Morgan fingerprint density at radius 1 is 1.28 bits per heavy atom. The molecule has 1 aliphatic rings. The zero-order chi connectivity index (χ0) is 13.0. The summed E-state index contributed by atoms with van der Waals surface area (Å²) in [7, 11) is 0. The van der Waals surface area contributed by atoms with Crippen molar-refractivity contribution in [3.05, 3.63) is 42.1 Å². The largest absolute Gasteiger partial charge is 0.397 e. The van der Waals surface area contributed by atoms with Gasteiger partial charge >= 0.3 is 0 Å². The molecule has 0 spiro atoms. The Hall–Kier alpha value is -1.48. The summed E-state index contributed by atoms with van der Waals surface area (Å²) in [6, 6.07) is 10.4. The van der Waals surface area contributed by atoms with Crippen molar-refractivity contribution in [2.75, 3.05) is 0 Å². The van der Waals surface area contributed by atoms with E-state index in [9.17, 15) is 0 Å². The number of hydrogen-bond donors (Lipinski definition) is 2. The number of rotatable bonds is 3. The number of nitrogens with two attached hydrogens (primary N) is 2. The molecule has 1 saturated carbocycles. The second-order valence-electron chi connectivity index (χ2n) is 5.32. The van der Waals surface area contributed by atoms with Gasteiger partial charge in [-0.25, -0.2) is 5.84 Å². The molecule has 3 nitrogen and oxygen atoms in total. The van der Waals surface area contributed by atoms with E-state index in [0.717, 1.165) is 23.6 Å². The first-order valence-corrected chi connectivity index (χ1v) is 6.72. The molecule has 0 heterocycles.